The molecule has 1 heterocycles. The number of nitrogens with one attached hydrogen (secondary N) is 3. The lowest BCUT2D eigenvalue weighted by Gasteiger charge is -2.40. The fraction of sp³-hybridized carbons (Fsp3) is 0.526. The van der Waals surface area contributed by atoms with Gasteiger partial charge in [0.05, 0.1) is 0 Å². The number of hydrogen-bond acceptors (Lipinski definition) is 8. The predicted molar refractivity (Wildman–Crippen MR) is 113 cm³/mol. The topological polar surface area (TPSA) is 187 Å². The molecule has 1 aromatic rings. The third kappa shape index (κ3) is 8.24. The van der Waals surface area contributed by atoms with Crippen LogP contribution in [0.1, 0.15) is 19.3 Å². The minimum atomic E-state index is -4.55. The van der Waals surface area contributed by atoms with E-state index in [-0.39, 0.29) is 5.75 Å². The molecule has 2 amide bonds. The first kappa shape index (κ1) is 25.8. The molecule has 0 aromatic heterocycles. The van der Waals surface area contributed by atoms with Crippen LogP contribution >= 0.6 is 0 Å². The molecule has 12 nitrogen and oxygen atoms in total. The molecule has 1 saturated heterocycles. The molecule has 7 N–H and O–H groups in total. The van der Waals surface area contributed by atoms with Gasteiger partial charge in [0.2, 0.25) is 6.29 Å². The van der Waals surface area contributed by atoms with Crippen molar-refractivity contribution in [3.63, 3.8) is 0 Å². The maximum absolute atomic E-state index is 11.9. The molecule has 0 bridgehead atoms. The van der Waals surface area contributed by atoms with Crippen molar-refractivity contribution in [1.29, 1.82) is 0 Å². The summed E-state index contributed by atoms with van der Waals surface area (Å²) in [6, 6.07) is 5.62. The Morgan fingerprint density at radius 2 is 1.81 bits per heavy atom. The first-order valence-corrected chi connectivity index (χ1v) is 11.2. The Morgan fingerprint density at radius 1 is 1.12 bits per heavy atom. The Balaban J connectivity index is 1.89. The van der Waals surface area contributed by atoms with Gasteiger partial charge in [-0.2, -0.15) is 13.1 Å². The lowest BCUT2D eigenvalue weighted by atomic mass is 9.99. The molecule has 1 fully saturated rings. The van der Waals surface area contributed by atoms with Gasteiger partial charge >= 0.3 is 16.3 Å². The van der Waals surface area contributed by atoms with Gasteiger partial charge in [-0.3, -0.25) is 4.55 Å². The van der Waals surface area contributed by atoms with Crippen molar-refractivity contribution in [2.24, 2.45) is 0 Å². The third-order valence-corrected chi connectivity index (χ3v) is 5.06. The van der Waals surface area contributed by atoms with Gasteiger partial charge in [0.15, 0.2) is 0 Å². The van der Waals surface area contributed by atoms with Gasteiger partial charge in [0.1, 0.15) is 30.2 Å². The van der Waals surface area contributed by atoms with Crippen LogP contribution in [0.5, 0.6) is 5.75 Å². The third-order valence-electron chi connectivity index (χ3n) is 4.53. The second-order valence-electron chi connectivity index (χ2n) is 7.02. The minimum Gasteiger partial charge on any atom is -0.462 e. The second kappa shape index (κ2) is 12.0. The lowest BCUT2D eigenvalue weighted by molar-refractivity contribution is -0.270. The van der Waals surface area contributed by atoms with Crippen LogP contribution in [0.4, 0.5) is 10.5 Å². The Hall–Kier alpha value is -2.44. The van der Waals surface area contributed by atoms with Crippen molar-refractivity contribution in [2.45, 2.75) is 50.0 Å². The molecule has 5 atom stereocenters. The number of benzene rings is 1. The van der Waals surface area contributed by atoms with Crippen LogP contribution in [0.3, 0.4) is 0 Å². The van der Waals surface area contributed by atoms with Crippen LogP contribution in [0, 0.1) is 12.3 Å². The second-order valence-corrected chi connectivity index (χ2v) is 8.26. The van der Waals surface area contributed by atoms with E-state index >= 15 is 0 Å². The monoisotopic (exact) mass is 473 g/mol. The Bertz CT molecular complexity index is 888. The van der Waals surface area contributed by atoms with E-state index in [0.717, 1.165) is 12.8 Å². The summed E-state index contributed by atoms with van der Waals surface area (Å²) in [5, 5.41) is 35.4. The van der Waals surface area contributed by atoms with Crippen LogP contribution < -0.4 is 20.1 Å². The average molecular weight is 474 g/mol. The zero-order valence-corrected chi connectivity index (χ0v) is 17.9. The number of unbranched alkanes of at least 4 members (excludes halogenated alkanes) is 2. The standard InChI is InChI=1S/C19H27N3O9S/c1-2-3-4-5-10-20-19(26)22-12-6-8-13(9-7-12)30-18-17(25)16(24)15(23)14(31-18)11-21-32(27,28)29/h1,6-9,14-18,21,23-25H,3-5,10-11H2,(H2,20,22,26)(H,27,28,29)/t14-,15-,16+,17+,18+/m1/s1. The maximum Gasteiger partial charge on any atom is 0.333 e. The number of hydrogen-bond donors (Lipinski definition) is 7. The molecule has 0 aliphatic carbocycles. The number of anilines is 1. The minimum absolute atomic E-state index is 0.208. The number of aliphatic hydroxyl groups excluding tert-OH is 3. The van der Waals surface area contributed by atoms with Crippen molar-refractivity contribution in [3.05, 3.63) is 24.3 Å². The predicted octanol–water partition coefficient (Wildman–Crippen LogP) is -0.810. The number of rotatable bonds is 10. The summed E-state index contributed by atoms with van der Waals surface area (Å²) < 4.78 is 43.0. The molecular weight excluding hydrogens is 446 g/mol. The highest BCUT2D eigenvalue weighted by molar-refractivity contribution is 7.83. The molecule has 0 radical (unpaired) electrons. The van der Waals surface area contributed by atoms with E-state index in [1.165, 1.54) is 24.3 Å². The van der Waals surface area contributed by atoms with Crippen molar-refractivity contribution >= 4 is 22.0 Å². The van der Waals surface area contributed by atoms with E-state index in [4.69, 9.17) is 20.4 Å². The van der Waals surface area contributed by atoms with Crippen LogP contribution in [0.2, 0.25) is 0 Å². The van der Waals surface area contributed by atoms with Crippen molar-refractivity contribution < 1.29 is 42.6 Å². The van der Waals surface area contributed by atoms with Crippen molar-refractivity contribution in [3.8, 4) is 18.1 Å². The number of aliphatic hydroxyl groups is 3. The summed E-state index contributed by atoms with van der Waals surface area (Å²) in [6.45, 7) is -0.0856. The molecule has 1 aromatic carbocycles. The van der Waals surface area contributed by atoms with E-state index < -0.39 is 53.6 Å². The highest BCUT2D eigenvalue weighted by atomic mass is 32.2. The molecular formula is C19H27N3O9S. The maximum atomic E-state index is 11.9. The average Bonchev–Trinajstić information content (AvgIpc) is 2.74. The quantitative estimate of drug-likeness (QED) is 0.130. The van der Waals surface area contributed by atoms with Gasteiger partial charge in [-0.25, -0.2) is 4.79 Å². The molecule has 178 valence electrons. The van der Waals surface area contributed by atoms with Crippen LogP contribution in [0.25, 0.3) is 0 Å². The largest absolute Gasteiger partial charge is 0.462 e. The summed E-state index contributed by atoms with van der Waals surface area (Å²) in [5.41, 5.74) is 0.467. The molecule has 2 rings (SSSR count). The SMILES string of the molecule is C#CCCCCNC(=O)Nc1ccc(O[C@H]2O[C@H](CNS(=O)(=O)O)[C@@H](O)[C@H](O)[C@@H]2O)cc1. The lowest BCUT2D eigenvalue weighted by Crippen LogP contribution is -2.61. The number of carbonyl (C=O) groups excluding carboxylic acids is 1. The number of ether oxygens (including phenoxy) is 2. The highest BCUT2D eigenvalue weighted by Gasteiger charge is 2.45. The van der Waals surface area contributed by atoms with E-state index in [1.807, 2.05) is 0 Å². The molecule has 1 aliphatic rings. The zero-order valence-electron chi connectivity index (χ0n) is 17.0. The molecule has 0 saturated carbocycles. The first-order chi connectivity index (χ1) is 15.1. The fourth-order valence-electron chi connectivity index (χ4n) is 2.85. The van der Waals surface area contributed by atoms with Gasteiger partial charge in [0, 0.05) is 25.2 Å². The van der Waals surface area contributed by atoms with Gasteiger partial charge in [-0.15, -0.1) is 12.3 Å². The van der Waals surface area contributed by atoms with Crippen molar-refractivity contribution in [2.75, 3.05) is 18.4 Å². The fourth-order valence-corrected chi connectivity index (χ4v) is 3.23. The summed E-state index contributed by atoms with van der Waals surface area (Å²) in [4.78, 5) is 11.9. The Labute approximate surface area is 185 Å². The first-order valence-electron chi connectivity index (χ1n) is 9.77. The number of terminal acetylenes is 1. The Kier molecular flexibility index (Phi) is 9.66. The molecule has 0 unspecified atom stereocenters. The molecule has 1 aliphatic heterocycles. The smallest absolute Gasteiger partial charge is 0.333 e. The van der Waals surface area contributed by atoms with Gasteiger partial charge in [0.25, 0.3) is 0 Å². The normalized spacial score (nSPS) is 25.5. The summed E-state index contributed by atoms with van der Waals surface area (Å²) in [7, 11) is -4.55. The summed E-state index contributed by atoms with van der Waals surface area (Å²) in [5.74, 6) is 2.73. The zero-order chi connectivity index (χ0) is 23.7. The van der Waals surface area contributed by atoms with E-state index in [2.05, 4.69) is 16.6 Å². The number of carbonyl (C=O) groups is 1. The van der Waals surface area contributed by atoms with Gasteiger partial charge < -0.3 is 35.4 Å². The van der Waals surface area contributed by atoms with Crippen LogP contribution in [-0.4, -0.2) is 78.1 Å². The Morgan fingerprint density at radius 3 is 2.44 bits per heavy atom. The van der Waals surface area contributed by atoms with Crippen LogP contribution in [0.15, 0.2) is 24.3 Å². The number of amides is 2. The van der Waals surface area contributed by atoms with Crippen LogP contribution in [-0.2, 0) is 15.0 Å². The van der Waals surface area contributed by atoms with E-state index in [0.29, 0.717) is 18.7 Å². The number of urea groups is 1. The highest BCUT2D eigenvalue weighted by Crippen LogP contribution is 2.25. The molecule has 13 heteroatoms. The van der Waals surface area contributed by atoms with Gasteiger partial charge in [-0.05, 0) is 37.1 Å². The molecule has 32 heavy (non-hydrogen) atoms. The van der Waals surface area contributed by atoms with E-state index in [9.17, 15) is 28.5 Å². The summed E-state index contributed by atoms with van der Waals surface area (Å²) >= 11 is 0. The van der Waals surface area contributed by atoms with E-state index in [1.54, 1.807) is 4.72 Å². The van der Waals surface area contributed by atoms with Gasteiger partial charge in [-0.1, -0.05) is 0 Å². The summed E-state index contributed by atoms with van der Waals surface area (Å²) in [6.07, 6.45) is -0.302. The van der Waals surface area contributed by atoms with Crippen molar-refractivity contribution in [1.82, 2.24) is 10.0 Å². The molecule has 0 spiro atoms.